The summed E-state index contributed by atoms with van der Waals surface area (Å²) in [5, 5.41) is 11.2. The summed E-state index contributed by atoms with van der Waals surface area (Å²) in [4.78, 5) is 13.5. The van der Waals surface area contributed by atoms with Crippen LogP contribution >= 0.6 is 0 Å². The van der Waals surface area contributed by atoms with Crippen molar-refractivity contribution in [3.63, 3.8) is 0 Å². The molecule has 0 bridgehead atoms. The molecule has 0 atom stereocenters. The van der Waals surface area contributed by atoms with Crippen molar-refractivity contribution in [3.05, 3.63) is 30.6 Å². The number of ether oxygens (including phenoxy) is 1. The monoisotopic (exact) mass is 321 g/mol. The molecule has 0 spiro atoms. The first-order valence-corrected chi connectivity index (χ1v) is 7.38. The number of fused-ring (bicyclic) bond motifs is 3. The largest absolute Gasteiger partial charge is 0.480 e. The van der Waals surface area contributed by atoms with Crippen LogP contribution in [0.15, 0.2) is 30.6 Å². The molecule has 0 radical (unpaired) electrons. The van der Waals surface area contributed by atoms with E-state index in [4.69, 9.17) is 9.72 Å². The number of hydrogen-bond acceptors (Lipinski definition) is 7. The number of pyridine rings is 3. The van der Waals surface area contributed by atoms with Crippen LogP contribution in [0, 0.1) is 0 Å². The lowest BCUT2D eigenvalue weighted by atomic mass is 10.1. The fourth-order valence-corrected chi connectivity index (χ4v) is 2.69. The Balaban J connectivity index is 1.94. The van der Waals surface area contributed by atoms with Crippen molar-refractivity contribution < 1.29 is 4.74 Å². The highest BCUT2D eigenvalue weighted by atomic mass is 16.5. The molecule has 0 aliphatic heterocycles. The maximum absolute atomic E-state index is 5.24. The normalized spacial score (nSPS) is 11.1. The third kappa shape index (κ3) is 2.11. The average molecular weight is 321 g/mol. The molecule has 4 aromatic rings. The maximum Gasteiger partial charge on any atom is 0.237 e. The fraction of sp³-hybridized carbons (Fsp3) is 0.188. The van der Waals surface area contributed by atoms with Crippen LogP contribution in [0.3, 0.4) is 0 Å². The van der Waals surface area contributed by atoms with Gasteiger partial charge in [-0.3, -0.25) is 4.98 Å². The van der Waals surface area contributed by atoms with Crippen molar-refractivity contribution in [2.75, 3.05) is 19.5 Å². The first kappa shape index (κ1) is 14.3. The van der Waals surface area contributed by atoms with E-state index in [9.17, 15) is 0 Å². The van der Waals surface area contributed by atoms with Crippen LogP contribution in [0.4, 0.5) is 5.69 Å². The van der Waals surface area contributed by atoms with E-state index < -0.39 is 0 Å². The van der Waals surface area contributed by atoms with Gasteiger partial charge in [-0.15, -0.1) is 5.10 Å². The van der Waals surface area contributed by atoms with E-state index in [1.807, 2.05) is 32.3 Å². The van der Waals surface area contributed by atoms with Crippen LogP contribution in [0.5, 0.6) is 5.88 Å². The van der Waals surface area contributed by atoms with Crippen LogP contribution in [0.1, 0.15) is 0 Å². The predicted octanol–water partition coefficient (Wildman–Crippen LogP) is 2.02. The molecule has 120 valence electrons. The molecule has 0 aliphatic carbocycles. The van der Waals surface area contributed by atoms with E-state index in [-0.39, 0.29) is 0 Å². The highest BCUT2D eigenvalue weighted by Crippen LogP contribution is 2.29. The summed E-state index contributed by atoms with van der Waals surface area (Å²) in [5.41, 5.74) is 5.62. The van der Waals surface area contributed by atoms with Crippen LogP contribution in [-0.2, 0) is 7.05 Å². The van der Waals surface area contributed by atoms with Crippen LogP contribution in [-0.4, -0.2) is 44.1 Å². The first-order chi connectivity index (χ1) is 11.7. The summed E-state index contributed by atoms with van der Waals surface area (Å²) in [6.45, 7) is 0. The smallest absolute Gasteiger partial charge is 0.237 e. The highest BCUT2D eigenvalue weighted by Gasteiger charge is 2.12. The maximum atomic E-state index is 5.24. The summed E-state index contributed by atoms with van der Waals surface area (Å²) in [5.74, 6) is 0.543. The molecule has 0 aromatic carbocycles. The Morgan fingerprint density at radius 2 is 2.00 bits per heavy atom. The minimum absolute atomic E-state index is 0.543. The highest BCUT2D eigenvalue weighted by molar-refractivity contribution is 5.99. The Hall–Kier alpha value is -3.29. The third-order valence-corrected chi connectivity index (χ3v) is 3.89. The summed E-state index contributed by atoms with van der Waals surface area (Å²) in [7, 11) is 5.26. The Labute approximate surface area is 137 Å². The number of aryl methyl sites for hydroxylation is 1. The van der Waals surface area contributed by atoms with Gasteiger partial charge >= 0.3 is 0 Å². The quantitative estimate of drug-likeness (QED) is 0.617. The molecule has 0 saturated heterocycles. The van der Waals surface area contributed by atoms with Crippen LogP contribution < -0.4 is 10.1 Å². The molecule has 1 N–H and O–H groups in total. The third-order valence-electron chi connectivity index (χ3n) is 3.89. The number of nitrogens with one attached hydrogen (secondary N) is 1. The van der Waals surface area contributed by atoms with Gasteiger partial charge in [0.1, 0.15) is 16.6 Å². The second-order valence-corrected chi connectivity index (χ2v) is 5.30. The van der Waals surface area contributed by atoms with Gasteiger partial charge in [-0.05, 0) is 18.2 Å². The molecule has 0 saturated carbocycles. The number of rotatable bonds is 3. The number of methoxy groups -OCH3 is 1. The lowest BCUT2D eigenvalue weighted by Crippen LogP contribution is -1.98. The molecule has 0 aliphatic rings. The van der Waals surface area contributed by atoms with Crippen LogP contribution in [0.25, 0.3) is 33.3 Å². The standard InChI is InChI=1S/C16H15N7O/c1-17-12-6-9(7-19-16(12)24-3)10-4-5-11-14(20-10)15-13(8-18-11)21-22-23(15)2/h4-8,17H,1-3H3. The van der Waals surface area contributed by atoms with Gasteiger partial charge in [0.15, 0.2) is 0 Å². The van der Waals surface area contributed by atoms with Crippen molar-refractivity contribution in [2.45, 2.75) is 0 Å². The minimum atomic E-state index is 0.543. The molecular formula is C16H15N7O. The van der Waals surface area contributed by atoms with Gasteiger partial charge in [-0.2, -0.15) is 0 Å². The van der Waals surface area contributed by atoms with Gasteiger partial charge in [0.05, 0.1) is 30.2 Å². The zero-order valence-corrected chi connectivity index (χ0v) is 13.5. The first-order valence-electron chi connectivity index (χ1n) is 7.38. The zero-order chi connectivity index (χ0) is 16.7. The predicted molar refractivity (Wildman–Crippen MR) is 90.9 cm³/mol. The summed E-state index contributed by atoms with van der Waals surface area (Å²) in [6.07, 6.45) is 3.45. The lowest BCUT2D eigenvalue weighted by molar-refractivity contribution is 0.400. The van der Waals surface area contributed by atoms with Gasteiger partial charge < -0.3 is 10.1 Å². The Kier molecular flexibility index (Phi) is 3.23. The van der Waals surface area contributed by atoms with Crippen molar-refractivity contribution in [2.24, 2.45) is 7.05 Å². The van der Waals surface area contributed by atoms with Crippen molar-refractivity contribution in [1.82, 2.24) is 29.9 Å². The van der Waals surface area contributed by atoms with E-state index in [1.54, 1.807) is 24.2 Å². The summed E-state index contributed by atoms with van der Waals surface area (Å²) in [6, 6.07) is 5.82. The molecule has 0 amide bonds. The van der Waals surface area contributed by atoms with E-state index in [1.165, 1.54) is 0 Å². The summed E-state index contributed by atoms with van der Waals surface area (Å²) < 4.78 is 6.95. The fourth-order valence-electron chi connectivity index (χ4n) is 2.69. The molecule has 0 fully saturated rings. The second kappa shape index (κ2) is 5.41. The van der Waals surface area contributed by atoms with E-state index in [0.29, 0.717) is 5.88 Å². The van der Waals surface area contributed by atoms with Gasteiger partial charge in [0.25, 0.3) is 0 Å². The van der Waals surface area contributed by atoms with Crippen molar-refractivity contribution >= 4 is 27.8 Å². The van der Waals surface area contributed by atoms with E-state index in [0.717, 1.165) is 39.0 Å². The van der Waals surface area contributed by atoms with Crippen molar-refractivity contribution in [1.29, 1.82) is 0 Å². The minimum Gasteiger partial charge on any atom is -0.480 e. The Morgan fingerprint density at radius 3 is 2.79 bits per heavy atom. The zero-order valence-electron chi connectivity index (χ0n) is 13.5. The average Bonchev–Trinajstić information content (AvgIpc) is 3.02. The molecule has 24 heavy (non-hydrogen) atoms. The van der Waals surface area contributed by atoms with E-state index in [2.05, 4.69) is 25.6 Å². The Bertz CT molecular complexity index is 1060. The topological polar surface area (TPSA) is 90.6 Å². The number of aromatic nitrogens is 6. The van der Waals surface area contributed by atoms with Gasteiger partial charge in [0, 0.05) is 25.9 Å². The molecule has 4 heterocycles. The Morgan fingerprint density at radius 1 is 1.12 bits per heavy atom. The molecule has 0 unspecified atom stereocenters. The number of hydrogen-bond donors (Lipinski definition) is 1. The molecule has 8 nitrogen and oxygen atoms in total. The van der Waals surface area contributed by atoms with Crippen LogP contribution in [0.2, 0.25) is 0 Å². The molecule has 4 rings (SSSR count). The van der Waals surface area contributed by atoms with Gasteiger partial charge in [-0.1, -0.05) is 5.21 Å². The van der Waals surface area contributed by atoms with E-state index >= 15 is 0 Å². The number of anilines is 1. The second-order valence-electron chi connectivity index (χ2n) is 5.30. The lowest BCUT2D eigenvalue weighted by Gasteiger charge is -2.09. The SMILES string of the molecule is CNc1cc(-c2ccc3ncc4nnn(C)c4c3n2)cnc1OC. The summed E-state index contributed by atoms with van der Waals surface area (Å²) >= 11 is 0. The number of nitrogens with zero attached hydrogens (tertiary/aromatic N) is 6. The molecular weight excluding hydrogens is 306 g/mol. The van der Waals surface area contributed by atoms with Gasteiger partial charge in [-0.25, -0.2) is 14.6 Å². The van der Waals surface area contributed by atoms with Gasteiger partial charge in [0.2, 0.25) is 5.88 Å². The molecule has 8 heteroatoms. The molecule has 4 aromatic heterocycles. The van der Waals surface area contributed by atoms with Crippen molar-refractivity contribution in [3.8, 4) is 17.1 Å².